The van der Waals surface area contributed by atoms with Gasteiger partial charge in [-0.1, -0.05) is 18.2 Å². The second-order valence-corrected chi connectivity index (χ2v) is 2.77. The molecule has 0 saturated carbocycles. The topological polar surface area (TPSA) is 18.5 Å². The molecule has 0 fully saturated rings. The van der Waals surface area contributed by atoms with Crippen LogP contribution in [0.3, 0.4) is 0 Å². The number of aryl methyl sites for hydroxylation is 2. The molecule has 0 heterocycles. The molecule has 0 amide bonds. The van der Waals surface area contributed by atoms with E-state index in [1.165, 1.54) is 0 Å². The Balaban J connectivity index is 2.81. The van der Waals surface area contributed by atoms with Gasteiger partial charge in [0.2, 0.25) is 0 Å². The number of para-hydroxylation sites is 1. The number of benzene rings is 1. The van der Waals surface area contributed by atoms with Crippen molar-refractivity contribution in [1.82, 2.24) is 0 Å². The normalized spacial score (nSPS) is 9.92. The Morgan fingerprint density at radius 1 is 1.17 bits per heavy atom. The Bertz CT molecular complexity index is 236. The first-order chi connectivity index (χ1) is 5.75. The molecule has 1 aromatic rings. The first-order valence-corrected chi connectivity index (χ1v) is 3.93. The largest absolute Gasteiger partial charge is 0.467 e. The van der Waals surface area contributed by atoms with Crippen LogP contribution in [-0.2, 0) is 4.74 Å². The standard InChI is InChI=1S/C10H14O2/c1-8-5-4-6-9(2)10(8)12-7-11-3/h4-6H,7H2,1-3H3. The molecule has 0 radical (unpaired) electrons. The van der Waals surface area contributed by atoms with Gasteiger partial charge in [0.25, 0.3) is 0 Å². The Labute approximate surface area is 73.1 Å². The van der Waals surface area contributed by atoms with Crippen molar-refractivity contribution in [3.05, 3.63) is 29.3 Å². The SMILES string of the molecule is COCOc1c(C)cccc1C. The Kier molecular flexibility index (Phi) is 3.11. The minimum absolute atomic E-state index is 0.311. The zero-order valence-corrected chi connectivity index (χ0v) is 7.76. The molecule has 66 valence electrons. The van der Waals surface area contributed by atoms with E-state index in [1.54, 1.807) is 7.11 Å². The van der Waals surface area contributed by atoms with Crippen LogP contribution in [0.1, 0.15) is 11.1 Å². The summed E-state index contributed by atoms with van der Waals surface area (Å²) in [4.78, 5) is 0. The molecule has 0 aliphatic heterocycles. The van der Waals surface area contributed by atoms with Gasteiger partial charge in [-0.15, -0.1) is 0 Å². The Morgan fingerprint density at radius 3 is 2.25 bits per heavy atom. The lowest BCUT2D eigenvalue weighted by Gasteiger charge is -2.10. The average molecular weight is 166 g/mol. The third-order valence-electron chi connectivity index (χ3n) is 1.73. The molecule has 2 heteroatoms. The third-order valence-corrected chi connectivity index (χ3v) is 1.73. The Hall–Kier alpha value is -1.02. The first kappa shape index (κ1) is 9.07. The van der Waals surface area contributed by atoms with Crippen LogP contribution in [0.5, 0.6) is 5.75 Å². The van der Waals surface area contributed by atoms with E-state index in [0.29, 0.717) is 6.79 Å². The van der Waals surface area contributed by atoms with Gasteiger partial charge >= 0.3 is 0 Å². The highest BCUT2D eigenvalue weighted by atomic mass is 16.7. The van der Waals surface area contributed by atoms with E-state index in [0.717, 1.165) is 16.9 Å². The molecule has 0 spiro atoms. The van der Waals surface area contributed by atoms with E-state index in [2.05, 4.69) is 0 Å². The molecular formula is C10H14O2. The molecule has 0 aliphatic rings. The first-order valence-electron chi connectivity index (χ1n) is 3.93. The van der Waals surface area contributed by atoms with E-state index in [9.17, 15) is 0 Å². The van der Waals surface area contributed by atoms with Crippen molar-refractivity contribution >= 4 is 0 Å². The van der Waals surface area contributed by atoms with Crippen molar-refractivity contribution in [2.75, 3.05) is 13.9 Å². The summed E-state index contributed by atoms with van der Waals surface area (Å²) in [7, 11) is 1.62. The maximum absolute atomic E-state index is 5.39. The van der Waals surface area contributed by atoms with E-state index < -0.39 is 0 Å². The maximum Gasteiger partial charge on any atom is 0.188 e. The molecule has 0 bridgehead atoms. The number of hydrogen-bond acceptors (Lipinski definition) is 2. The molecule has 0 aliphatic carbocycles. The molecule has 0 saturated heterocycles. The van der Waals surface area contributed by atoms with Gasteiger partial charge in [-0.25, -0.2) is 0 Å². The molecule has 0 N–H and O–H groups in total. The summed E-state index contributed by atoms with van der Waals surface area (Å²) in [5.41, 5.74) is 2.29. The summed E-state index contributed by atoms with van der Waals surface area (Å²) in [5, 5.41) is 0. The van der Waals surface area contributed by atoms with Crippen LogP contribution in [0, 0.1) is 13.8 Å². The summed E-state index contributed by atoms with van der Waals surface area (Å²) in [6, 6.07) is 6.07. The fraction of sp³-hybridized carbons (Fsp3) is 0.400. The molecule has 1 aromatic carbocycles. The van der Waals surface area contributed by atoms with Crippen molar-refractivity contribution in [3.8, 4) is 5.75 Å². The average Bonchev–Trinajstić information content (AvgIpc) is 2.04. The smallest absolute Gasteiger partial charge is 0.188 e. The number of rotatable bonds is 3. The van der Waals surface area contributed by atoms with Crippen LogP contribution >= 0.6 is 0 Å². The molecule has 2 nitrogen and oxygen atoms in total. The number of ether oxygens (including phenoxy) is 2. The molecule has 0 unspecified atom stereocenters. The van der Waals surface area contributed by atoms with Crippen LogP contribution in [0.25, 0.3) is 0 Å². The van der Waals surface area contributed by atoms with Crippen molar-refractivity contribution in [2.45, 2.75) is 13.8 Å². The quantitative estimate of drug-likeness (QED) is 0.641. The van der Waals surface area contributed by atoms with E-state index >= 15 is 0 Å². The van der Waals surface area contributed by atoms with Crippen LogP contribution in [0.4, 0.5) is 0 Å². The lowest BCUT2D eigenvalue weighted by Crippen LogP contribution is -2.01. The molecule has 0 aromatic heterocycles. The molecule has 1 rings (SSSR count). The monoisotopic (exact) mass is 166 g/mol. The van der Waals surface area contributed by atoms with Gasteiger partial charge in [-0.3, -0.25) is 0 Å². The van der Waals surface area contributed by atoms with Crippen LogP contribution in [-0.4, -0.2) is 13.9 Å². The lowest BCUT2D eigenvalue weighted by molar-refractivity contribution is 0.0501. The minimum Gasteiger partial charge on any atom is -0.467 e. The van der Waals surface area contributed by atoms with Crippen molar-refractivity contribution in [1.29, 1.82) is 0 Å². The molecule has 0 atom stereocenters. The second kappa shape index (κ2) is 4.12. The predicted octanol–water partition coefficient (Wildman–Crippen LogP) is 2.29. The van der Waals surface area contributed by atoms with Gasteiger partial charge in [0.15, 0.2) is 6.79 Å². The molecule has 12 heavy (non-hydrogen) atoms. The fourth-order valence-corrected chi connectivity index (χ4v) is 1.14. The van der Waals surface area contributed by atoms with Crippen LogP contribution in [0.15, 0.2) is 18.2 Å². The summed E-state index contributed by atoms with van der Waals surface area (Å²) in [5.74, 6) is 0.930. The minimum atomic E-state index is 0.311. The van der Waals surface area contributed by atoms with E-state index in [4.69, 9.17) is 9.47 Å². The lowest BCUT2D eigenvalue weighted by atomic mass is 10.1. The third kappa shape index (κ3) is 1.98. The summed E-state index contributed by atoms with van der Waals surface area (Å²) in [6.07, 6.45) is 0. The maximum atomic E-state index is 5.39. The van der Waals surface area contributed by atoms with E-state index in [1.807, 2.05) is 32.0 Å². The van der Waals surface area contributed by atoms with Gasteiger partial charge < -0.3 is 9.47 Å². The number of methoxy groups -OCH3 is 1. The van der Waals surface area contributed by atoms with Crippen molar-refractivity contribution in [2.24, 2.45) is 0 Å². The van der Waals surface area contributed by atoms with Gasteiger partial charge in [0, 0.05) is 7.11 Å². The van der Waals surface area contributed by atoms with Crippen molar-refractivity contribution in [3.63, 3.8) is 0 Å². The van der Waals surface area contributed by atoms with E-state index in [-0.39, 0.29) is 0 Å². The highest BCUT2D eigenvalue weighted by Gasteiger charge is 2.01. The van der Waals surface area contributed by atoms with Gasteiger partial charge in [0.1, 0.15) is 5.75 Å². The predicted molar refractivity (Wildman–Crippen MR) is 48.4 cm³/mol. The van der Waals surface area contributed by atoms with Gasteiger partial charge in [-0.2, -0.15) is 0 Å². The second-order valence-electron chi connectivity index (χ2n) is 2.77. The number of hydrogen-bond donors (Lipinski definition) is 0. The van der Waals surface area contributed by atoms with Gasteiger partial charge in [0.05, 0.1) is 0 Å². The van der Waals surface area contributed by atoms with Gasteiger partial charge in [-0.05, 0) is 25.0 Å². The highest BCUT2D eigenvalue weighted by Crippen LogP contribution is 2.21. The summed E-state index contributed by atoms with van der Waals surface area (Å²) in [6.45, 7) is 4.36. The molecular weight excluding hydrogens is 152 g/mol. The zero-order valence-electron chi connectivity index (χ0n) is 7.76. The summed E-state index contributed by atoms with van der Waals surface area (Å²) < 4.78 is 10.2. The fourth-order valence-electron chi connectivity index (χ4n) is 1.14. The van der Waals surface area contributed by atoms with Crippen molar-refractivity contribution < 1.29 is 9.47 Å². The Morgan fingerprint density at radius 2 is 1.75 bits per heavy atom. The van der Waals surface area contributed by atoms with Crippen LogP contribution in [0.2, 0.25) is 0 Å². The van der Waals surface area contributed by atoms with Crippen LogP contribution < -0.4 is 4.74 Å². The summed E-state index contributed by atoms with van der Waals surface area (Å²) >= 11 is 0. The highest BCUT2D eigenvalue weighted by molar-refractivity contribution is 5.39. The zero-order chi connectivity index (χ0) is 8.97.